The molecule has 1 atom stereocenters. The van der Waals surface area contributed by atoms with E-state index < -0.39 is 0 Å². The second-order valence-corrected chi connectivity index (χ2v) is 4.92. The molecule has 1 unspecified atom stereocenters. The Morgan fingerprint density at radius 1 is 1.56 bits per heavy atom. The molecule has 18 heavy (non-hydrogen) atoms. The zero-order valence-electron chi connectivity index (χ0n) is 10.7. The van der Waals surface area contributed by atoms with Gasteiger partial charge in [-0.2, -0.15) is 0 Å². The molecule has 5 heteroatoms. The van der Waals surface area contributed by atoms with Crippen molar-refractivity contribution in [3.05, 3.63) is 27.9 Å². The monoisotopic (exact) mass is 247 g/mol. The molecule has 1 saturated heterocycles. The number of aromatic nitrogens is 3. The fraction of sp³-hybridized carbons (Fsp3) is 0.538. The standard InChI is InChI=1S/C13H17N3O2/c1-8-6-11-12(14-8)15-9(2)16(13(11)17)7-10-4-3-5-18-10/h6,10,14H,3-5,7H2,1-2H3. The van der Waals surface area contributed by atoms with Crippen LogP contribution in [-0.4, -0.2) is 27.2 Å². The van der Waals surface area contributed by atoms with Crippen LogP contribution in [0.4, 0.5) is 0 Å². The Hall–Kier alpha value is -1.62. The summed E-state index contributed by atoms with van der Waals surface area (Å²) >= 11 is 0. The molecule has 1 N–H and O–H groups in total. The molecule has 5 nitrogen and oxygen atoms in total. The van der Waals surface area contributed by atoms with Crippen LogP contribution in [0.3, 0.4) is 0 Å². The molecule has 1 fully saturated rings. The molecule has 2 aromatic heterocycles. The lowest BCUT2D eigenvalue weighted by Crippen LogP contribution is -2.29. The number of nitrogens with zero attached hydrogens (tertiary/aromatic N) is 2. The van der Waals surface area contributed by atoms with Crippen LogP contribution in [0.5, 0.6) is 0 Å². The molecule has 0 amide bonds. The minimum absolute atomic E-state index is 0.0253. The fourth-order valence-electron chi connectivity index (χ4n) is 2.55. The van der Waals surface area contributed by atoms with E-state index >= 15 is 0 Å². The zero-order chi connectivity index (χ0) is 12.7. The van der Waals surface area contributed by atoms with E-state index in [1.807, 2.05) is 19.9 Å². The van der Waals surface area contributed by atoms with Crippen molar-refractivity contribution in [2.24, 2.45) is 0 Å². The normalized spacial score (nSPS) is 19.8. The molecule has 0 aromatic carbocycles. The second-order valence-electron chi connectivity index (χ2n) is 4.92. The molecule has 1 aliphatic heterocycles. The van der Waals surface area contributed by atoms with Gasteiger partial charge in [-0.05, 0) is 32.8 Å². The number of hydrogen-bond acceptors (Lipinski definition) is 3. The molecular weight excluding hydrogens is 230 g/mol. The van der Waals surface area contributed by atoms with Crippen molar-refractivity contribution in [1.29, 1.82) is 0 Å². The van der Waals surface area contributed by atoms with Gasteiger partial charge in [-0.15, -0.1) is 0 Å². The lowest BCUT2D eigenvalue weighted by Gasteiger charge is -2.13. The van der Waals surface area contributed by atoms with Crippen molar-refractivity contribution in [3.8, 4) is 0 Å². The number of fused-ring (bicyclic) bond motifs is 1. The SMILES string of the molecule is Cc1cc2c(=O)n(CC3CCCO3)c(C)nc2[nH]1. The molecular formula is C13H17N3O2. The maximum atomic E-state index is 12.4. The largest absolute Gasteiger partial charge is 0.376 e. The van der Waals surface area contributed by atoms with E-state index in [0.29, 0.717) is 17.6 Å². The summed E-state index contributed by atoms with van der Waals surface area (Å²) in [5.41, 5.74) is 1.67. The van der Waals surface area contributed by atoms with Gasteiger partial charge < -0.3 is 9.72 Å². The van der Waals surface area contributed by atoms with E-state index in [1.54, 1.807) is 4.57 Å². The zero-order valence-corrected chi connectivity index (χ0v) is 10.7. The Balaban J connectivity index is 2.07. The summed E-state index contributed by atoms with van der Waals surface area (Å²) < 4.78 is 7.32. The minimum Gasteiger partial charge on any atom is -0.376 e. The Morgan fingerprint density at radius 2 is 2.39 bits per heavy atom. The highest BCUT2D eigenvalue weighted by atomic mass is 16.5. The molecule has 3 rings (SSSR count). The van der Waals surface area contributed by atoms with E-state index in [9.17, 15) is 4.79 Å². The highest BCUT2D eigenvalue weighted by molar-refractivity contribution is 5.75. The van der Waals surface area contributed by atoms with Crippen LogP contribution in [0.15, 0.2) is 10.9 Å². The summed E-state index contributed by atoms with van der Waals surface area (Å²) in [6, 6.07) is 1.86. The molecule has 0 radical (unpaired) electrons. The summed E-state index contributed by atoms with van der Waals surface area (Å²) in [7, 11) is 0. The van der Waals surface area contributed by atoms with Gasteiger partial charge in [0.15, 0.2) is 0 Å². The van der Waals surface area contributed by atoms with Crippen LogP contribution in [0.1, 0.15) is 24.4 Å². The van der Waals surface area contributed by atoms with Gasteiger partial charge in [0.2, 0.25) is 0 Å². The van der Waals surface area contributed by atoms with Gasteiger partial charge in [-0.1, -0.05) is 0 Å². The number of ether oxygens (including phenoxy) is 1. The van der Waals surface area contributed by atoms with Gasteiger partial charge in [0.05, 0.1) is 18.0 Å². The summed E-state index contributed by atoms with van der Waals surface area (Å²) in [6.45, 7) is 5.21. The molecule has 0 bridgehead atoms. The third-order valence-corrected chi connectivity index (χ3v) is 3.48. The van der Waals surface area contributed by atoms with Crippen molar-refractivity contribution < 1.29 is 4.74 Å². The van der Waals surface area contributed by atoms with Crippen LogP contribution in [-0.2, 0) is 11.3 Å². The first kappa shape index (κ1) is 11.5. The van der Waals surface area contributed by atoms with Crippen LogP contribution < -0.4 is 5.56 Å². The first-order valence-electron chi connectivity index (χ1n) is 6.33. The lowest BCUT2D eigenvalue weighted by molar-refractivity contribution is 0.0955. The van der Waals surface area contributed by atoms with Gasteiger partial charge in [0.1, 0.15) is 11.5 Å². The van der Waals surface area contributed by atoms with Crippen LogP contribution in [0, 0.1) is 13.8 Å². The average molecular weight is 247 g/mol. The first-order chi connectivity index (χ1) is 8.65. The Kier molecular flexibility index (Phi) is 2.70. The van der Waals surface area contributed by atoms with E-state index in [-0.39, 0.29) is 11.7 Å². The highest BCUT2D eigenvalue weighted by Crippen LogP contribution is 2.15. The maximum Gasteiger partial charge on any atom is 0.263 e. The highest BCUT2D eigenvalue weighted by Gasteiger charge is 2.19. The predicted molar refractivity (Wildman–Crippen MR) is 68.8 cm³/mol. The number of nitrogens with one attached hydrogen (secondary N) is 1. The van der Waals surface area contributed by atoms with Gasteiger partial charge >= 0.3 is 0 Å². The van der Waals surface area contributed by atoms with Crippen LogP contribution >= 0.6 is 0 Å². The Morgan fingerprint density at radius 3 is 3.11 bits per heavy atom. The van der Waals surface area contributed by atoms with E-state index in [2.05, 4.69) is 9.97 Å². The smallest absolute Gasteiger partial charge is 0.263 e. The van der Waals surface area contributed by atoms with Crippen molar-refractivity contribution in [2.45, 2.75) is 39.3 Å². The van der Waals surface area contributed by atoms with Gasteiger partial charge in [0, 0.05) is 12.3 Å². The topological polar surface area (TPSA) is 59.9 Å². The van der Waals surface area contributed by atoms with Crippen LogP contribution in [0.25, 0.3) is 11.0 Å². The van der Waals surface area contributed by atoms with Crippen molar-refractivity contribution >= 4 is 11.0 Å². The quantitative estimate of drug-likeness (QED) is 0.875. The second kappa shape index (κ2) is 4.24. The Bertz CT molecular complexity index is 635. The molecule has 1 aliphatic rings. The number of aryl methyl sites for hydroxylation is 2. The molecule has 96 valence electrons. The average Bonchev–Trinajstić information content (AvgIpc) is 2.93. The summed E-state index contributed by atoms with van der Waals surface area (Å²) in [6.07, 6.45) is 2.26. The van der Waals surface area contributed by atoms with Gasteiger partial charge in [-0.25, -0.2) is 4.98 Å². The number of rotatable bonds is 2. The number of H-pyrrole nitrogens is 1. The Labute approximate surface area is 105 Å². The van der Waals surface area contributed by atoms with Crippen LogP contribution in [0.2, 0.25) is 0 Å². The third kappa shape index (κ3) is 1.84. The summed E-state index contributed by atoms with van der Waals surface area (Å²) in [4.78, 5) is 20.0. The van der Waals surface area contributed by atoms with E-state index in [1.165, 1.54) is 0 Å². The summed E-state index contributed by atoms with van der Waals surface area (Å²) in [5, 5.41) is 0.663. The van der Waals surface area contributed by atoms with Crippen molar-refractivity contribution in [2.75, 3.05) is 6.61 Å². The van der Waals surface area contributed by atoms with Crippen molar-refractivity contribution in [1.82, 2.24) is 14.5 Å². The predicted octanol–water partition coefficient (Wildman–Crippen LogP) is 1.52. The molecule has 2 aromatic rings. The molecule has 3 heterocycles. The maximum absolute atomic E-state index is 12.4. The number of hydrogen-bond donors (Lipinski definition) is 1. The minimum atomic E-state index is 0.0253. The van der Waals surface area contributed by atoms with E-state index in [0.717, 1.165) is 31.0 Å². The van der Waals surface area contributed by atoms with Gasteiger partial charge in [-0.3, -0.25) is 9.36 Å². The van der Waals surface area contributed by atoms with E-state index in [4.69, 9.17) is 4.74 Å². The third-order valence-electron chi connectivity index (χ3n) is 3.48. The number of aromatic amines is 1. The molecule has 0 saturated carbocycles. The molecule has 0 spiro atoms. The molecule has 0 aliphatic carbocycles. The first-order valence-corrected chi connectivity index (χ1v) is 6.33. The summed E-state index contributed by atoms with van der Waals surface area (Å²) in [5.74, 6) is 0.741. The van der Waals surface area contributed by atoms with Crippen molar-refractivity contribution in [3.63, 3.8) is 0 Å². The lowest BCUT2D eigenvalue weighted by atomic mass is 10.2. The fourth-order valence-corrected chi connectivity index (χ4v) is 2.55. The van der Waals surface area contributed by atoms with Gasteiger partial charge in [0.25, 0.3) is 5.56 Å².